The second-order valence-electron chi connectivity index (χ2n) is 8.66. The maximum absolute atomic E-state index is 14.0. The van der Waals surface area contributed by atoms with Crippen molar-refractivity contribution in [2.24, 2.45) is 0 Å². The number of para-hydroxylation sites is 1. The molecule has 174 valence electrons. The number of carbonyl (C=O) groups excluding carboxylic acids is 2. The van der Waals surface area contributed by atoms with Crippen molar-refractivity contribution in [3.8, 4) is 11.5 Å². The molecule has 0 saturated carbocycles. The summed E-state index contributed by atoms with van der Waals surface area (Å²) in [6.07, 6.45) is 1.56. The Kier molecular flexibility index (Phi) is 5.74. The molecule has 0 aliphatic carbocycles. The van der Waals surface area contributed by atoms with Crippen LogP contribution in [0.5, 0.6) is 11.5 Å². The van der Waals surface area contributed by atoms with E-state index in [9.17, 15) is 9.59 Å². The van der Waals surface area contributed by atoms with Crippen LogP contribution in [-0.2, 0) is 17.6 Å². The number of ether oxygens (including phenoxy) is 2. The summed E-state index contributed by atoms with van der Waals surface area (Å²) in [6, 6.07) is 19.0. The minimum absolute atomic E-state index is 0.0894. The maximum atomic E-state index is 14.0. The van der Waals surface area contributed by atoms with E-state index >= 15 is 0 Å². The number of nitrogens with one attached hydrogen (secondary N) is 1. The lowest BCUT2D eigenvalue weighted by molar-refractivity contribution is -0.119. The first-order chi connectivity index (χ1) is 16.6. The van der Waals surface area contributed by atoms with Gasteiger partial charge in [-0.3, -0.25) is 9.59 Å². The van der Waals surface area contributed by atoms with Crippen LogP contribution in [0.15, 0.2) is 60.7 Å². The van der Waals surface area contributed by atoms with Crippen LogP contribution in [0.3, 0.4) is 0 Å². The number of hydrogen-bond donors (Lipinski definition) is 1. The Morgan fingerprint density at radius 3 is 2.47 bits per heavy atom. The molecule has 2 amide bonds. The lowest BCUT2D eigenvalue weighted by Gasteiger charge is -2.45. The summed E-state index contributed by atoms with van der Waals surface area (Å²) < 4.78 is 11.0. The number of anilines is 1. The standard InChI is InChI=1S/C28H28N2O4/c1-4-17-9-6-8-12-22(17)29-27(31)25-20-15-23(33-2)24(34-3)16-21(20)28(32)30-14-13-18-10-5-7-11-19(18)26(25)30/h5-12,15-16,25-26H,4,13-14H2,1-3H3,(H,29,31)/t25-,26-/m0/s1. The summed E-state index contributed by atoms with van der Waals surface area (Å²) >= 11 is 0. The second-order valence-corrected chi connectivity index (χ2v) is 8.66. The van der Waals surface area contributed by atoms with Crippen molar-refractivity contribution < 1.29 is 19.1 Å². The van der Waals surface area contributed by atoms with Crippen molar-refractivity contribution >= 4 is 17.5 Å². The first-order valence-electron chi connectivity index (χ1n) is 11.6. The van der Waals surface area contributed by atoms with Gasteiger partial charge in [0.2, 0.25) is 5.91 Å². The van der Waals surface area contributed by atoms with Crippen molar-refractivity contribution in [1.29, 1.82) is 0 Å². The summed E-state index contributed by atoms with van der Waals surface area (Å²) in [5.41, 5.74) is 5.20. The Hall–Kier alpha value is -3.80. The summed E-state index contributed by atoms with van der Waals surface area (Å²) in [5.74, 6) is 0.139. The third kappa shape index (κ3) is 3.50. The quantitative estimate of drug-likeness (QED) is 0.602. The monoisotopic (exact) mass is 456 g/mol. The number of amides is 2. The average molecular weight is 457 g/mol. The Morgan fingerprint density at radius 1 is 1.00 bits per heavy atom. The molecular weight excluding hydrogens is 428 g/mol. The predicted molar refractivity (Wildman–Crippen MR) is 131 cm³/mol. The van der Waals surface area contributed by atoms with Gasteiger partial charge in [-0.1, -0.05) is 49.4 Å². The van der Waals surface area contributed by atoms with Crippen LogP contribution in [0.25, 0.3) is 0 Å². The van der Waals surface area contributed by atoms with Crippen LogP contribution in [0.4, 0.5) is 5.69 Å². The van der Waals surface area contributed by atoms with Crippen LogP contribution in [-0.4, -0.2) is 37.5 Å². The number of benzene rings is 3. The lowest BCUT2D eigenvalue weighted by atomic mass is 9.75. The predicted octanol–water partition coefficient (Wildman–Crippen LogP) is 4.74. The highest BCUT2D eigenvalue weighted by atomic mass is 16.5. The van der Waals surface area contributed by atoms with Crippen LogP contribution in [0.2, 0.25) is 0 Å². The van der Waals surface area contributed by atoms with E-state index in [1.807, 2.05) is 47.4 Å². The molecular formula is C28H28N2O4. The zero-order chi connectivity index (χ0) is 23.8. The molecule has 2 atom stereocenters. The van der Waals surface area contributed by atoms with E-state index in [0.29, 0.717) is 29.2 Å². The van der Waals surface area contributed by atoms with Crippen LogP contribution < -0.4 is 14.8 Å². The third-order valence-electron chi connectivity index (χ3n) is 6.97. The Balaban J connectivity index is 1.68. The molecule has 2 heterocycles. The second kappa shape index (κ2) is 8.86. The van der Waals surface area contributed by atoms with Crippen LogP contribution in [0, 0.1) is 0 Å². The van der Waals surface area contributed by atoms with Crippen molar-refractivity contribution in [1.82, 2.24) is 4.90 Å². The molecule has 2 aliphatic rings. The number of hydrogen-bond acceptors (Lipinski definition) is 4. The molecule has 6 heteroatoms. The SMILES string of the molecule is CCc1ccccc1NC(=O)[C@H]1c2cc(OC)c(OC)cc2C(=O)N2CCc3ccccc3[C@@H]12. The fraction of sp³-hybridized carbons (Fsp3) is 0.286. The van der Waals surface area contributed by atoms with Gasteiger partial charge in [0.15, 0.2) is 11.5 Å². The molecule has 0 fully saturated rings. The van der Waals surface area contributed by atoms with Gasteiger partial charge >= 0.3 is 0 Å². The number of carbonyl (C=O) groups is 2. The van der Waals surface area contributed by atoms with Gasteiger partial charge in [0, 0.05) is 17.8 Å². The molecule has 0 aromatic heterocycles. The Morgan fingerprint density at radius 2 is 1.71 bits per heavy atom. The van der Waals surface area contributed by atoms with Crippen LogP contribution in [0.1, 0.15) is 51.5 Å². The van der Waals surface area contributed by atoms with E-state index in [2.05, 4.69) is 18.3 Å². The zero-order valence-electron chi connectivity index (χ0n) is 19.6. The summed E-state index contributed by atoms with van der Waals surface area (Å²) in [7, 11) is 3.10. The van der Waals surface area contributed by atoms with Crippen molar-refractivity contribution in [2.45, 2.75) is 31.7 Å². The molecule has 0 radical (unpaired) electrons. The summed E-state index contributed by atoms with van der Waals surface area (Å²) in [6.45, 7) is 2.62. The molecule has 5 rings (SSSR count). The topological polar surface area (TPSA) is 67.9 Å². The molecule has 2 aliphatic heterocycles. The van der Waals surface area contributed by atoms with Gasteiger partial charge in [-0.05, 0) is 53.3 Å². The molecule has 3 aromatic carbocycles. The molecule has 0 saturated heterocycles. The average Bonchev–Trinajstić information content (AvgIpc) is 2.88. The van der Waals surface area contributed by atoms with E-state index < -0.39 is 12.0 Å². The highest BCUT2D eigenvalue weighted by Gasteiger charge is 2.47. The fourth-order valence-corrected chi connectivity index (χ4v) is 5.29. The molecule has 6 nitrogen and oxygen atoms in total. The maximum Gasteiger partial charge on any atom is 0.254 e. The minimum atomic E-state index is -0.598. The third-order valence-corrected chi connectivity index (χ3v) is 6.97. The van der Waals surface area contributed by atoms with E-state index in [1.165, 1.54) is 5.56 Å². The Bertz CT molecular complexity index is 1270. The zero-order valence-corrected chi connectivity index (χ0v) is 19.6. The molecule has 3 aromatic rings. The number of methoxy groups -OCH3 is 2. The summed E-state index contributed by atoms with van der Waals surface area (Å²) in [4.78, 5) is 29.5. The van der Waals surface area contributed by atoms with Gasteiger partial charge in [0.05, 0.1) is 26.2 Å². The lowest BCUT2D eigenvalue weighted by Crippen LogP contribution is -2.49. The highest BCUT2D eigenvalue weighted by molar-refractivity contribution is 6.05. The number of aryl methyl sites for hydroxylation is 1. The van der Waals surface area contributed by atoms with E-state index in [0.717, 1.165) is 29.7 Å². The number of fused-ring (bicyclic) bond motifs is 4. The molecule has 1 N–H and O–H groups in total. The summed E-state index contributed by atoms with van der Waals surface area (Å²) in [5, 5.41) is 3.17. The highest BCUT2D eigenvalue weighted by Crippen LogP contribution is 2.48. The van der Waals surface area contributed by atoms with Gasteiger partial charge in [-0.25, -0.2) is 0 Å². The van der Waals surface area contributed by atoms with Gasteiger partial charge in [-0.15, -0.1) is 0 Å². The van der Waals surface area contributed by atoms with Gasteiger partial charge in [-0.2, -0.15) is 0 Å². The number of nitrogens with zero attached hydrogens (tertiary/aromatic N) is 1. The largest absolute Gasteiger partial charge is 0.493 e. The molecule has 34 heavy (non-hydrogen) atoms. The molecule has 0 unspecified atom stereocenters. The van der Waals surface area contributed by atoms with Gasteiger partial charge < -0.3 is 19.7 Å². The Labute approximate surface area is 199 Å². The van der Waals surface area contributed by atoms with Gasteiger partial charge in [0.1, 0.15) is 0 Å². The van der Waals surface area contributed by atoms with Crippen LogP contribution >= 0.6 is 0 Å². The van der Waals surface area contributed by atoms with Crippen molar-refractivity contribution in [3.63, 3.8) is 0 Å². The minimum Gasteiger partial charge on any atom is -0.493 e. The van der Waals surface area contributed by atoms with Crippen molar-refractivity contribution in [3.05, 3.63) is 88.5 Å². The molecule has 0 bridgehead atoms. The smallest absolute Gasteiger partial charge is 0.254 e. The van der Waals surface area contributed by atoms with E-state index in [4.69, 9.17) is 9.47 Å². The molecule has 0 spiro atoms. The van der Waals surface area contributed by atoms with Crippen molar-refractivity contribution in [2.75, 3.05) is 26.1 Å². The van der Waals surface area contributed by atoms with E-state index in [1.54, 1.807) is 26.4 Å². The first-order valence-corrected chi connectivity index (χ1v) is 11.6. The van der Waals surface area contributed by atoms with E-state index in [-0.39, 0.29) is 11.8 Å². The fourth-order valence-electron chi connectivity index (χ4n) is 5.29. The number of rotatable bonds is 5. The first kappa shape index (κ1) is 22.0. The normalized spacial score (nSPS) is 18.4. The van der Waals surface area contributed by atoms with Gasteiger partial charge in [0.25, 0.3) is 5.91 Å².